The van der Waals surface area contributed by atoms with Crippen LogP contribution in [0.5, 0.6) is 23.0 Å². The Morgan fingerprint density at radius 2 is 0.711 bits per heavy atom. The fraction of sp³-hybridized carbons (Fsp3) is 0.413. The molecule has 1 aliphatic rings. The van der Waals surface area contributed by atoms with E-state index in [1.54, 1.807) is 0 Å². The van der Waals surface area contributed by atoms with Gasteiger partial charge >= 0.3 is 17.9 Å². The van der Waals surface area contributed by atoms with Gasteiger partial charge in [0.15, 0.2) is 0 Å². The number of carboxylic acid groups (broad SMARTS) is 3. The first-order valence-electron chi connectivity index (χ1n) is 22.6. The van der Waals surface area contributed by atoms with E-state index in [1.807, 2.05) is 0 Å². The van der Waals surface area contributed by atoms with Gasteiger partial charge < -0.3 is 39.6 Å². The molecule has 0 radical (unpaired) electrons. The van der Waals surface area contributed by atoms with Gasteiger partial charge in [0.25, 0.3) is 40.5 Å². The number of hydrogen-bond acceptors (Lipinski definition) is 19. The minimum atomic E-state index is -4.96. The van der Waals surface area contributed by atoms with Crippen molar-refractivity contribution in [3.05, 3.63) is 95.1 Å². The number of methoxy groups -OCH3 is 4. The lowest BCUT2D eigenvalue weighted by molar-refractivity contribution is -0.142. The van der Waals surface area contributed by atoms with Crippen molar-refractivity contribution in [1.29, 1.82) is 0 Å². The Hall–Kier alpha value is -6.03. The number of benzene rings is 4. The maximum Gasteiger partial charge on any atom is 0.317 e. The molecule has 0 aromatic heterocycles. The molecule has 30 heteroatoms. The summed E-state index contributed by atoms with van der Waals surface area (Å²) in [4.78, 5) is 40.6. The Balaban J connectivity index is 1.82. The van der Waals surface area contributed by atoms with Crippen LogP contribution >= 0.6 is 0 Å². The molecule has 0 aliphatic carbocycles. The number of aliphatic carboxylic acids is 3. The Labute approximate surface area is 438 Å². The van der Waals surface area contributed by atoms with Gasteiger partial charge in [-0.2, -0.15) is 33.7 Å². The van der Waals surface area contributed by atoms with Gasteiger partial charge in [0.2, 0.25) is 0 Å². The van der Waals surface area contributed by atoms with Gasteiger partial charge in [-0.25, -0.2) is 0 Å². The van der Waals surface area contributed by atoms with Crippen molar-refractivity contribution in [3.63, 3.8) is 0 Å². The van der Waals surface area contributed by atoms with Crippen molar-refractivity contribution in [2.24, 2.45) is 0 Å². The lowest BCUT2D eigenvalue weighted by atomic mass is 9.96. The zero-order valence-electron chi connectivity index (χ0n) is 41.2. The molecule has 76 heavy (non-hydrogen) atoms. The monoisotopic (exact) mass is 1150 g/mol. The molecule has 26 nitrogen and oxygen atoms in total. The maximum absolute atomic E-state index is 13.0. The van der Waals surface area contributed by atoms with Crippen molar-refractivity contribution in [3.8, 4) is 23.0 Å². The van der Waals surface area contributed by atoms with Crippen molar-refractivity contribution in [2.45, 2.75) is 69.4 Å². The smallest absolute Gasteiger partial charge is 0.317 e. The average Bonchev–Trinajstić information content (AvgIpc) is 3.32. The summed E-state index contributed by atoms with van der Waals surface area (Å²) in [5, 5.41) is 35.0. The average molecular weight is 1150 g/mol. The van der Waals surface area contributed by atoms with Gasteiger partial charge in [-0.1, -0.05) is 24.3 Å². The van der Waals surface area contributed by atoms with E-state index in [1.165, 1.54) is 70.3 Å². The molecule has 0 saturated carbocycles. The Morgan fingerprint density at radius 3 is 0.987 bits per heavy atom. The third-order valence-electron chi connectivity index (χ3n) is 12.5. The maximum atomic E-state index is 13.0. The minimum Gasteiger partial charge on any atom is -0.495 e. The number of ether oxygens (including phenoxy) is 4. The van der Waals surface area contributed by atoms with Gasteiger partial charge in [-0.05, 0) is 96.5 Å². The van der Waals surface area contributed by atoms with Gasteiger partial charge in [-0.3, -0.25) is 47.3 Å². The Morgan fingerprint density at radius 1 is 0.447 bits per heavy atom. The largest absolute Gasteiger partial charge is 0.495 e. The highest BCUT2D eigenvalue weighted by Crippen LogP contribution is 2.31. The zero-order valence-corrected chi connectivity index (χ0v) is 44.5. The summed E-state index contributed by atoms with van der Waals surface area (Å²) in [5.41, 5.74) is 0.750. The van der Waals surface area contributed by atoms with Gasteiger partial charge in [0.05, 0.1) is 48.1 Å². The molecule has 8 N–H and O–H groups in total. The van der Waals surface area contributed by atoms with E-state index in [0.717, 1.165) is 45.6 Å². The quantitative estimate of drug-likeness (QED) is 0.0513. The van der Waals surface area contributed by atoms with Crippen LogP contribution < -0.4 is 24.3 Å². The van der Waals surface area contributed by atoms with Crippen LogP contribution in [-0.4, -0.2) is 198 Å². The molecule has 4 aromatic rings. The number of nitrogens with zero attached hydrogens (tertiary/aromatic N) is 3. The molecule has 0 spiro atoms. The number of rotatable bonds is 22. The van der Waals surface area contributed by atoms with E-state index < -0.39 is 135 Å². The number of carbonyl (C=O) groups is 3. The fourth-order valence-electron chi connectivity index (χ4n) is 9.13. The van der Waals surface area contributed by atoms with Crippen LogP contribution in [0.2, 0.25) is 0 Å². The van der Waals surface area contributed by atoms with E-state index in [9.17, 15) is 81.6 Å². The van der Waals surface area contributed by atoms with Crippen LogP contribution in [0.15, 0.2) is 92.4 Å². The SMILES string of the molecule is COc1ccc(C[C@H]2CN(CC(=O)O)[C@@H](Cc3ccc(OC)c(S(=O)(=O)O)c3)CN(CC(=O)O)[C@@H](Cc3ccc(OC)c(S(=O)(=O)O)c3)CN(CC(=O)O)[C@@H](Cc3ccc(OC)c(S(=O)(=O)O)c3)CN2)cc1S(=O)(=O)O. The first-order chi connectivity index (χ1) is 35.4. The van der Waals surface area contributed by atoms with Crippen molar-refractivity contribution >= 4 is 58.4 Å². The number of hydrogen-bond donors (Lipinski definition) is 8. The summed E-state index contributed by atoms with van der Waals surface area (Å²) in [7, 11) is -15.1. The topological polar surface area (TPSA) is 388 Å². The first kappa shape index (κ1) is 60.8. The molecule has 0 amide bonds. The second-order valence-electron chi connectivity index (χ2n) is 17.7. The van der Waals surface area contributed by atoms with Crippen LogP contribution in [0, 0.1) is 0 Å². The van der Waals surface area contributed by atoms with E-state index in [4.69, 9.17) is 18.9 Å². The van der Waals surface area contributed by atoms with E-state index in [2.05, 4.69) is 5.32 Å². The normalized spacial score (nSPS) is 18.9. The summed E-state index contributed by atoms with van der Waals surface area (Å²) < 4.78 is 162. The van der Waals surface area contributed by atoms with Crippen LogP contribution in [0.3, 0.4) is 0 Å². The van der Waals surface area contributed by atoms with Crippen LogP contribution in [0.1, 0.15) is 22.3 Å². The predicted octanol–water partition coefficient (Wildman–Crippen LogP) is 1.22. The molecule has 0 unspecified atom stereocenters. The Kier molecular flexibility index (Phi) is 20.3. The minimum absolute atomic E-state index is 0.148. The third-order valence-corrected chi connectivity index (χ3v) is 16.0. The molecular weight excluding hydrogens is 1090 g/mol. The lowest BCUT2D eigenvalue weighted by Crippen LogP contribution is -2.60. The van der Waals surface area contributed by atoms with Gasteiger partial charge in [0.1, 0.15) is 42.6 Å². The summed E-state index contributed by atoms with van der Waals surface area (Å²) in [6.07, 6.45) is -0.968. The molecule has 0 bridgehead atoms. The standard InChI is InChI=1S/C46H58N4O22S4/c1-69-36-9-5-28(17-40(36)73(57,58)59)13-32-22-48(25-44(51)52)34(15-30-7-11-38(71-3)42(19-30)75(63,64)65)24-50(27-46(55)56)35(16-31-8-12-39(72-4)43(20-31)76(66,67)68)23-49(26-45(53)54)33(21-47-32)14-29-6-10-37(70-2)41(18-29)74(60,61)62/h5-12,17-20,32-35,47H,13-16,21-27H2,1-4H3,(H,51,52)(H,53,54)(H,55,56)(H,57,58,59)(H,60,61,62)(H,63,64,65)(H,66,67,68)/t32-,33-,34-,35-/m0/s1. The van der Waals surface area contributed by atoms with Crippen LogP contribution in [0.4, 0.5) is 0 Å². The molecule has 418 valence electrons. The summed E-state index contributed by atoms with van der Waals surface area (Å²) >= 11 is 0. The van der Waals surface area contributed by atoms with E-state index >= 15 is 0 Å². The molecule has 4 atom stereocenters. The van der Waals surface area contributed by atoms with Crippen molar-refractivity contribution in [1.82, 2.24) is 20.0 Å². The van der Waals surface area contributed by atoms with Crippen molar-refractivity contribution < 1.29 is 101 Å². The molecule has 1 heterocycles. The molecule has 5 rings (SSSR count). The predicted molar refractivity (Wildman–Crippen MR) is 267 cm³/mol. The molecular formula is C46H58N4O22S4. The van der Waals surface area contributed by atoms with Gasteiger partial charge in [-0.15, -0.1) is 0 Å². The molecule has 1 fully saturated rings. The number of nitrogens with one attached hydrogen (secondary N) is 1. The van der Waals surface area contributed by atoms with Crippen LogP contribution in [-0.2, 0) is 80.5 Å². The first-order valence-corrected chi connectivity index (χ1v) is 28.4. The molecule has 1 saturated heterocycles. The lowest BCUT2D eigenvalue weighted by Gasteiger charge is -2.43. The van der Waals surface area contributed by atoms with E-state index in [0.29, 0.717) is 0 Å². The molecule has 1 aliphatic heterocycles. The Bertz CT molecular complexity index is 3220. The van der Waals surface area contributed by atoms with Crippen molar-refractivity contribution in [2.75, 3.05) is 74.3 Å². The third kappa shape index (κ3) is 16.7. The van der Waals surface area contributed by atoms with Gasteiger partial charge in [0, 0.05) is 50.3 Å². The summed E-state index contributed by atoms with van der Waals surface area (Å²) in [5.74, 6) is -5.23. The summed E-state index contributed by atoms with van der Waals surface area (Å²) in [6.45, 7) is -3.82. The molecule has 4 aromatic carbocycles. The number of carboxylic acids is 3. The highest BCUT2D eigenvalue weighted by Gasteiger charge is 2.36. The zero-order chi connectivity index (χ0) is 56.5. The van der Waals surface area contributed by atoms with Crippen LogP contribution in [0.25, 0.3) is 0 Å². The highest BCUT2D eigenvalue weighted by molar-refractivity contribution is 7.86. The second-order valence-corrected chi connectivity index (χ2v) is 23.3. The summed E-state index contributed by atoms with van der Waals surface area (Å²) in [6, 6.07) is 10.7. The second kappa shape index (κ2) is 25.4. The fourth-order valence-corrected chi connectivity index (χ4v) is 11.9. The highest BCUT2D eigenvalue weighted by atomic mass is 32.2. The van der Waals surface area contributed by atoms with E-state index in [-0.39, 0.29) is 84.0 Å².